The normalized spacial score (nSPS) is 9.93. The maximum Gasteiger partial charge on any atom is 0.376 e. The Kier molecular flexibility index (Phi) is 2.40. The molecule has 0 saturated heterocycles. The van der Waals surface area contributed by atoms with Crippen molar-refractivity contribution >= 4 is 5.97 Å². The summed E-state index contributed by atoms with van der Waals surface area (Å²) in [7, 11) is 1.28. The van der Waals surface area contributed by atoms with Crippen LogP contribution in [0.3, 0.4) is 0 Å². The molecular weight excluding hydrogens is 196 g/mol. The monoisotopic (exact) mass is 204 g/mol. The summed E-state index contributed by atoms with van der Waals surface area (Å²) >= 11 is 0. The third-order valence-corrected chi connectivity index (χ3v) is 1.75. The van der Waals surface area contributed by atoms with Crippen molar-refractivity contribution in [2.24, 2.45) is 0 Å². The molecule has 2 aromatic rings. The smallest absolute Gasteiger partial charge is 0.376 e. The van der Waals surface area contributed by atoms with E-state index < -0.39 is 5.97 Å². The van der Waals surface area contributed by atoms with Crippen LogP contribution in [0.2, 0.25) is 0 Å². The Morgan fingerprint density at radius 3 is 3.00 bits per heavy atom. The van der Waals surface area contributed by atoms with E-state index in [2.05, 4.69) is 19.8 Å². The predicted molar refractivity (Wildman–Crippen MR) is 50.5 cm³/mol. The Balaban J connectivity index is 2.39. The summed E-state index contributed by atoms with van der Waals surface area (Å²) in [5.74, 6) is -0.0232. The number of hydrogen-bond donors (Lipinski definition) is 0. The van der Waals surface area contributed by atoms with Crippen molar-refractivity contribution in [1.29, 1.82) is 0 Å². The van der Waals surface area contributed by atoms with Gasteiger partial charge in [-0.15, -0.1) is 0 Å². The van der Waals surface area contributed by atoms with E-state index in [-0.39, 0.29) is 5.82 Å². The summed E-state index contributed by atoms with van der Waals surface area (Å²) < 4.78 is 6.05. The maximum atomic E-state index is 11.2. The van der Waals surface area contributed by atoms with Gasteiger partial charge < -0.3 is 4.74 Å². The highest BCUT2D eigenvalue weighted by atomic mass is 16.5. The quantitative estimate of drug-likeness (QED) is 0.664. The molecule has 0 saturated carbocycles. The number of carbonyl (C=O) groups is 1. The van der Waals surface area contributed by atoms with Gasteiger partial charge in [-0.2, -0.15) is 5.10 Å². The average molecular weight is 204 g/mol. The summed E-state index contributed by atoms with van der Waals surface area (Å²) in [6, 6.07) is 3.42. The van der Waals surface area contributed by atoms with E-state index in [0.717, 1.165) is 0 Å². The van der Waals surface area contributed by atoms with Crippen molar-refractivity contribution in [3.63, 3.8) is 0 Å². The van der Waals surface area contributed by atoms with Gasteiger partial charge in [0.15, 0.2) is 5.82 Å². The fourth-order valence-electron chi connectivity index (χ4n) is 1.07. The molecule has 2 heterocycles. The molecule has 0 amide bonds. The van der Waals surface area contributed by atoms with Gasteiger partial charge in [-0.1, -0.05) is 0 Å². The summed E-state index contributed by atoms with van der Waals surface area (Å²) in [6.45, 7) is 0. The first-order valence-electron chi connectivity index (χ1n) is 4.22. The number of ether oxygens (including phenoxy) is 1. The summed E-state index contributed by atoms with van der Waals surface area (Å²) in [5.41, 5.74) is 0. The second-order valence-corrected chi connectivity index (χ2v) is 2.68. The minimum Gasteiger partial charge on any atom is -0.463 e. The van der Waals surface area contributed by atoms with Crippen molar-refractivity contribution in [1.82, 2.24) is 19.7 Å². The van der Waals surface area contributed by atoms with Gasteiger partial charge >= 0.3 is 5.97 Å². The van der Waals surface area contributed by atoms with Crippen LogP contribution >= 0.6 is 0 Å². The van der Waals surface area contributed by atoms with Gasteiger partial charge in [-0.05, 0) is 6.07 Å². The Morgan fingerprint density at radius 2 is 2.33 bits per heavy atom. The lowest BCUT2D eigenvalue weighted by Crippen LogP contribution is -2.09. The number of esters is 1. The molecule has 0 spiro atoms. The van der Waals surface area contributed by atoms with Crippen molar-refractivity contribution in [2.75, 3.05) is 7.11 Å². The first-order valence-corrected chi connectivity index (χ1v) is 4.22. The summed E-state index contributed by atoms with van der Waals surface area (Å²) in [5, 5.41) is 3.99. The molecule has 0 N–H and O–H groups in total. The zero-order valence-electron chi connectivity index (χ0n) is 7.99. The van der Waals surface area contributed by atoms with Crippen molar-refractivity contribution in [3.05, 3.63) is 36.5 Å². The standard InChI is InChI=1S/C9H8N4O2/c1-15-9(14)8-10-5-3-7(12-8)13-6-2-4-11-13/h2-6H,1H3. The van der Waals surface area contributed by atoms with E-state index in [1.807, 2.05) is 0 Å². The third kappa shape index (κ3) is 1.83. The number of nitrogens with zero attached hydrogens (tertiary/aromatic N) is 4. The minimum absolute atomic E-state index is 0.0190. The van der Waals surface area contributed by atoms with Crippen LogP contribution in [0, 0.1) is 0 Å². The van der Waals surface area contributed by atoms with Gasteiger partial charge in [0.1, 0.15) is 0 Å². The third-order valence-electron chi connectivity index (χ3n) is 1.75. The lowest BCUT2D eigenvalue weighted by Gasteiger charge is -2.01. The lowest BCUT2D eigenvalue weighted by atomic mass is 10.5. The molecule has 15 heavy (non-hydrogen) atoms. The van der Waals surface area contributed by atoms with Gasteiger partial charge in [0.2, 0.25) is 5.82 Å². The van der Waals surface area contributed by atoms with Crippen LogP contribution in [0.5, 0.6) is 0 Å². The molecule has 2 aromatic heterocycles. The zero-order chi connectivity index (χ0) is 10.7. The molecule has 0 aliphatic carbocycles. The van der Waals surface area contributed by atoms with Crippen LogP contribution in [0.15, 0.2) is 30.7 Å². The molecule has 0 radical (unpaired) electrons. The van der Waals surface area contributed by atoms with E-state index in [0.29, 0.717) is 5.82 Å². The van der Waals surface area contributed by atoms with Gasteiger partial charge in [0.25, 0.3) is 0 Å². The van der Waals surface area contributed by atoms with E-state index in [9.17, 15) is 4.79 Å². The number of carbonyl (C=O) groups excluding carboxylic acids is 1. The second-order valence-electron chi connectivity index (χ2n) is 2.68. The van der Waals surface area contributed by atoms with Crippen molar-refractivity contribution in [3.8, 4) is 5.82 Å². The second kappa shape index (κ2) is 3.87. The van der Waals surface area contributed by atoms with Crippen molar-refractivity contribution in [2.45, 2.75) is 0 Å². The SMILES string of the molecule is COC(=O)c1nccc(-n2cccn2)n1. The van der Waals surface area contributed by atoms with Crippen LogP contribution in [0.4, 0.5) is 0 Å². The molecule has 2 rings (SSSR count). The highest BCUT2D eigenvalue weighted by molar-refractivity contribution is 5.85. The topological polar surface area (TPSA) is 69.9 Å². The molecular formula is C9H8N4O2. The van der Waals surface area contributed by atoms with Gasteiger partial charge in [0, 0.05) is 24.7 Å². The Labute approximate surface area is 85.5 Å². The molecule has 0 aliphatic rings. The largest absolute Gasteiger partial charge is 0.463 e. The minimum atomic E-state index is -0.566. The Hall–Kier alpha value is -2.24. The number of rotatable bonds is 2. The number of methoxy groups -OCH3 is 1. The summed E-state index contributed by atoms with van der Waals surface area (Å²) in [6.07, 6.45) is 4.83. The molecule has 0 aliphatic heterocycles. The van der Waals surface area contributed by atoms with Crippen LogP contribution in [-0.2, 0) is 4.74 Å². The highest BCUT2D eigenvalue weighted by Gasteiger charge is 2.09. The van der Waals surface area contributed by atoms with Crippen LogP contribution in [-0.4, -0.2) is 32.8 Å². The van der Waals surface area contributed by atoms with Gasteiger partial charge in [-0.3, -0.25) is 0 Å². The molecule has 0 unspecified atom stereocenters. The first kappa shape index (κ1) is 9.32. The van der Waals surface area contributed by atoms with Crippen LogP contribution < -0.4 is 0 Å². The molecule has 6 nitrogen and oxygen atoms in total. The van der Waals surface area contributed by atoms with Crippen molar-refractivity contribution < 1.29 is 9.53 Å². The first-order chi connectivity index (χ1) is 7.31. The summed E-state index contributed by atoms with van der Waals surface area (Å²) in [4.78, 5) is 19.0. The average Bonchev–Trinajstić information content (AvgIpc) is 2.82. The number of hydrogen-bond acceptors (Lipinski definition) is 5. The molecule has 0 bridgehead atoms. The maximum absolute atomic E-state index is 11.2. The molecule has 76 valence electrons. The fourth-order valence-corrected chi connectivity index (χ4v) is 1.07. The molecule has 0 fully saturated rings. The Bertz CT molecular complexity index is 467. The fraction of sp³-hybridized carbons (Fsp3) is 0.111. The van der Waals surface area contributed by atoms with Crippen LogP contribution in [0.1, 0.15) is 10.6 Å². The lowest BCUT2D eigenvalue weighted by molar-refractivity contribution is 0.0586. The van der Waals surface area contributed by atoms with E-state index in [1.54, 1.807) is 24.5 Å². The van der Waals surface area contributed by atoms with Crippen LogP contribution in [0.25, 0.3) is 5.82 Å². The van der Waals surface area contributed by atoms with Gasteiger partial charge in [0.05, 0.1) is 7.11 Å². The molecule has 6 heteroatoms. The number of aromatic nitrogens is 4. The molecule has 0 atom stereocenters. The highest BCUT2D eigenvalue weighted by Crippen LogP contribution is 2.02. The molecule has 0 aromatic carbocycles. The zero-order valence-corrected chi connectivity index (χ0v) is 7.99. The Morgan fingerprint density at radius 1 is 1.47 bits per heavy atom. The van der Waals surface area contributed by atoms with E-state index in [1.165, 1.54) is 18.0 Å². The van der Waals surface area contributed by atoms with Gasteiger partial charge in [-0.25, -0.2) is 19.4 Å². The van der Waals surface area contributed by atoms with E-state index >= 15 is 0 Å². The predicted octanol–water partition coefficient (Wildman–Crippen LogP) is 0.449. The van der Waals surface area contributed by atoms with E-state index in [4.69, 9.17) is 0 Å².